The van der Waals surface area contributed by atoms with E-state index in [1.807, 2.05) is 36.4 Å². The third-order valence-corrected chi connectivity index (χ3v) is 4.41. The molecule has 0 radical (unpaired) electrons. The van der Waals surface area contributed by atoms with E-state index < -0.39 is 22.9 Å². The number of pyridine rings is 1. The Labute approximate surface area is 173 Å². The van der Waals surface area contributed by atoms with Crippen molar-refractivity contribution in [3.8, 4) is 0 Å². The Hall–Kier alpha value is -3.62. The van der Waals surface area contributed by atoms with Gasteiger partial charge in [0.2, 0.25) is 0 Å². The maximum absolute atomic E-state index is 13.1. The van der Waals surface area contributed by atoms with Gasteiger partial charge in [-0.05, 0) is 17.2 Å². The number of rotatable bonds is 9. The Morgan fingerprint density at radius 3 is 2.27 bits per heavy atom. The van der Waals surface area contributed by atoms with Gasteiger partial charge in [0.25, 0.3) is 5.69 Å². The first-order valence-electron chi connectivity index (χ1n) is 9.15. The van der Waals surface area contributed by atoms with Gasteiger partial charge in [-0.25, -0.2) is 9.78 Å². The molecule has 0 amide bonds. The summed E-state index contributed by atoms with van der Waals surface area (Å²) in [5.41, 5.74) is 1.58. The van der Waals surface area contributed by atoms with Crippen molar-refractivity contribution in [3.63, 3.8) is 0 Å². The van der Waals surface area contributed by atoms with Crippen LogP contribution in [0.15, 0.2) is 79.0 Å². The summed E-state index contributed by atoms with van der Waals surface area (Å²) in [6.07, 6.45) is 0.232. The second kappa shape index (κ2) is 10.2. The van der Waals surface area contributed by atoms with E-state index >= 15 is 0 Å². The molecule has 0 saturated heterocycles. The molecule has 8 nitrogen and oxygen atoms in total. The van der Waals surface area contributed by atoms with E-state index in [2.05, 4.69) is 4.98 Å². The van der Waals surface area contributed by atoms with Crippen molar-refractivity contribution in [2.45, 2.75) is 18.6 Å². The van der Waals surface area contributed by atoms with Gasteiger partial charge in [0.15, 0.2) is 0 Å². The zero-order chi connectivity index (χ0) is 21.3. The number of aromatic nitrogens is 1. The van der Waals surface area contributed by atoms with Crippen LogP contribution in [0.2, 0.25) is 0 Å². The van der Waals surface area contributed by atoms with E-state index in [4.69, 9.17) is 14.5 Å². The van der Waals surface area contributed by atoms with E-state index in [-0.39, 0.29) is 18.0 Å². The highest BCUT2D eigenvalue weighted by atomic mass is 17.2. The van der Waals surface area contributed by atoms with E-state index in [9.17, 15) is 14.9 Å². The molecule has 0 aliphatic rings. The van der Waals surface area contributed by atoms with Crippen molar-refractivity contribution in [2.24, 2.45) is 0 Å². The summed E-state index contributed by atoms with van der Waals surface area (Å²) in [6.45, 7) is 0.0671. The smallest absolute Gasteiger partial charge is 0.318 e. The van der Waals surface area contributed by atoms with E-state index in [0.717, 1.165) is 11.8 Å². The van der Waals surface area contributed by atoms with Gasteiger partial charge in [0, 0.05) is 6.07 Å². The Morgan fingerprint density at radius 2 is 1.70 bits per heavy atom. The highest BCUT2D eigenvalue weighted by Crippen LogP contribution is 2.35. The molecule has 0 fully saturated rings. The summed E-state index contributed by atoms with van der Waals surface area (Å²) < 4.78 is 5.52. The van der Waals surface area contributed by atoms with Crippen LogP contribution in [0.25, 0.3) is 0 Å². The molecule has 0 aliphatic carbocycles. The minimum atomic E-state index is -1.00. The Balaban J connectivity index is 1.94. The molecule has 0 spiro atoms. The molecule has 154 valence electrons. The SMILES string of the molecule is COOC(c1ccccc1)C(C(=O)OCc1ccccc1)c1ccc([N+](=O)[O-])cn1. The predicted molar refractivity (Wildman–Crippen MR) is 107 cm³/mol. The van der Waals surface area contributed by atoms with Crippen LogP contribution in [0.4, 0.5) is 5.69 Å². The van der Waals surface area contributed by atoms with Crippen molar-refractivity contribution < 1.29 is 24.2 Å². The number of nitrogens with zero attached hydrogens (tertiary/aromatic N) is 2. The fourth-order valence-corrected chi connectivity index (χ4v) is 2.96. The first-order valence-corrected chi connectivity index (χ1v) is 9.15. The second-order valence-corrected chi connectivity index (χ2v) is 6.36. The number of esters is 1. The Kier molecular flexibility index (Phi) is 7.20. The molecule has 2 aromatic carbocycles. The molecule has 3 aromatic rings. The number of nitro groups is 1. The standard InChI is InChI=1S/C22H20N2O6/c1-28-30-21(17-10-6-3-7-11-17)20(19-13-12-18(14-23-19)24(26)27)22(25)29-15-16-8-4-2-5-9-16/h2-14,20-21H,15H2,1H3. The Morgan fingerprint density at radius 1 is 1.03 bits per heavy atom. The first-order chi connectivity index (χ1) is 14.6. The zero-order valence-electron chi connectivity index (χ0n) is 16.2. The molecule has 0 bridgehead atoms. The lowest BCUT2D eigenvalue weighted by molar-refractivity contribution is -0.385. The maximum Gasteiger partial charge on any atom is 0.318 e. The molecule has 1 aromatic heterocycles. The molecule has 2 unspecified atom stereocenters. The quantitative estimate of drug-likeness (QED) is 0.227. The summed E-state index contributed by atoms with van der Waals surface area (Å²) in [5, 5.41) is 11.0. The lowest BCUT2D eigenvalue weighted by atomic mass is 9.92. The average molecular weight is 408 g/mol. The molecule has 0 aliphatic heterocycles. The summed E-state index contributed by atoms with van der Waals surface area (Å²) in [6, 6.07) is 21.0. The van der Waals surface area contributed by atoms with Crippen molar-refractivity contribution in [1.82, 2.24) is 4.98 Å². The fraction of sp³-hybridized carbons (Fsp3) is 0.182. The first kappa shape index (κ1) is 21.1. The van der Waals surface area contributed by atoms with Gasteiger partial charge < -0.3 is 4.74 Å². The monoisotopic (exact) mass is 408 g/mol. The maximum atomic E-state index is 13.1. The average Bonchev–Trinajstić information content (AvgIpc) is 2.79. The van der Waals surface area contributed by atoms with Crippen LogP contribution in [0.1, 0.15) is 28.8 Å². The van der Waals surface area contributed by atoms with Gasteiger partial charge in [-0.15, -0.1) is 0 Å². The third-order valence-electron chi connectivity index (χ3n) is 4.41. The van der Waals surface area contributed by atoms with Crippen LogP contribution in [-0.4, -0.2) is 23.0 Å². The van der Waals surface area contributed by atoms with Gasteiger partial charge in [0.05, 0.1) is 17.7 Å². The summed E-state index contributed by atoms with van der Waals surface area (Å²) in [7, 11) is 1.34. The molecular weight excluding hydrogens is 388 g/mol. The molecule has 3 rings (SSSR count). The van der Waals surface area contributed by atoms with Gasteiger partial charge in [-0.1, -0.05) is 60.7 Å². The highest BCUT2D eigenvalue weighted by Gasteiger charge is 2.36. The largest absolute Gasteiger partial charge is 0.460 e. The van der Waals surface area contributed by atoms with E-state index in [1.165, 1.54) is 19.2 Å². The van der Waals surface area contributed by atoms with Crippen LogP contribution < -0.4 is 0 Å². The minimum Gasteiger partial charge on any atom is -0.460 e. The zero-order valence-corrected chi connectivity index (χ0v) is 16.2. The number of benzene rings is 2. The molecular formula is C22H20N2O6. The molecule has 0 N–H and O–H groups in total. The number of carbonyl (C=O) groups excluding carboxylic acids is 1. The third kappa shape index (κ3) is 5.25. The number of hydrogen-bond acceptors (Lipinski definition) is 7. The fourth-order valence-electron chi connectivity index (χ4n) is 2.96. The molecule has 2 atom stereocenters. The molecule has 0 saturated carbocycles. The number of ether oxygens (including phenoxy) is 1. The van der Waals surface area contributed by atoms with Crippen LogP contribution >= 0.6 is 0 Å². The molecule has 30 heavy (non-hydrogen) atoms. The van der Waals surface area contributed by atoms with E-state index in [0.29, 0.717) is 5.56 Å². The lowest BCUT2D eigenvalue weighted by Crippen LogP contribution is -2.25. The van der Waals surface area contributed by atoms with E-state index in [1.54, 1.807) is 24.3 Å². The number of carbonyl (C=O) groups is 1. The summed E-state index contributed by atoms with van der Waals surface area (Å²) >= 11 is 0. The van der Waals surface area contributed by atoms with Crippen LogP contribution in [0.5, 0.6) is 0 Å². The Bertz CT molecular complexity index is 964. The highest BCUT2D eigenvalue weighted by molar-refractivity contribution is 5.78. The minimum absolute atomic E-state index is 0.0671. The summed E-state index contributed by atoms with van der Waals surface area (Å²) in [4.78, 5) is 37.9. The van der Waals surface area contributed by atoms with Crippen LogP contribution in [-0.2, 0) is 25.9 Å². The molecule has 8 heteroatoms. The van der Waals surface area contributed by atoms with Gasteiger partial charge in [-0.2, -0.15) is 0 Å². The van der Waals surface area contributed by atoms with Crippen molar-refractivity contribution >= 4 is 11.7 Å². The van der Waals surface area contributed by atoms with Crippen LogP contribution in [0, 0.1) is 10.1 Å². The van der Waals surface area contributed by atoms with Gasteiger partial charge in [-0.3, -0.25) is 19.9 Å². The molecule has 1 heterocycles. The second-order valence-electron chi connectivity index (χ2n) is 6.36. The van der Waals surface area contributed by atoms with Crippen LogP contribution in [0.3, 0.4) is 0 Å². The normalized spacial score (nSPS) is 12.7. The predicted octanol–water partition coefficient (Wildman–Crippen LogP) is 4.14. The lowest BCUT2D eigenvalue weighted by Gasteiger charge is -2.24. The van der Waals surface area contributed by atoms with Crippen molar-refractivity contribution in [3.05, 3.63) is 106 Å². The van der Waals surface area contributed by atoms with Crippen molar-refractivity contribution in [2.75, 3.05) is 7.11 Å². The topological polar surface area (TPSA) is 101 Å². The van der Waals surface area contributed by atoms with Gasteiger partial charge >= 0.3 is 5.97 Å². The van der Waals surface area contributed by atoms with Gasteiger partial charge in [0.1, 0.15) is 24.8 Å². The van der Waals surface area contributed by atoms with Crippen molar-refractivity contribution in [1.29, 1.82) is 0 Å². The number of hydrogen-bond donors (Lipinski definition) is 0. The summed E-state index contributed by atoms with van der Waals surface area (Å²) in [5.74, 6) is -1.59.